The molecule has 8 heteroatoms. The molecule has 0 saturated heterocycles. The summed E-state index contributed by atoms with van der Waals surface area (Å²) >= 11 is 0. The van der Waals surface area contributed by atoms with Gasteiger partial charge < -0.3 is 9.64 Å². The molecule has 1 amide bonds. The van der Waals surface area contributed by atoms with Gasteiger partial charge >= 0.3 is 0 Å². The number of sulfonamides is 1. The maximum Gasteiger partial charge on any atom is 0.253 e. The zero-order chi connectivity index (χ0) is 19.9. The Balaban J connectivity index is 2.01. The number of ether oxygens (including phenoxy) is 1. The maximum atomic E-state index is 13.5. The molecule has 0 saturated carbocycles. The molecule has 142 valence electrons. The van der Waals surface area contributed by atoms with Crippen molar-refractivity contribution in [3.8, 4) is 18.1 Å². The van der Waals surface area contributed by atoms with E-state index in [2.05, 4.69) is 10.6 Å². The highest BCUT2D eigenvalue weighted by molar-refractivity contribution is 7.89. The van der Waals surface area contributed by atoms with E-state index in [4.69, 9.17) is 11.2 Å². The van der Waals surface area contributed by atoms with Crippen molar-refractivity contribution >= 4 is 15.9 Å². The first kappa shape index (κ1) is 20.4. The Kier molecular flexibility index (Phi) is 6.93. The first-order valence-corrected chi connectivity index (χ1v) is 9.49. The van der Waals surface area contributed by atoms with Crippen molar-refractivity contribution in [2.75, 3.05) is 26.7 Å². The number of likely N-dealkylation sites (N-methyl/N-ethyl adjacent to an activating group) is 1. The predicted octanol–water partition coefficient (Wildman–Crippen LogP) is 1.89. The smallest absolute Gasteiger partial charge is 0.253 e. The Morgan fingerprint density at radius 3 is 2.70 bits per heavy atom. The highest BCUT2D eigenvalue weighted by Gasteiger charge is 2.17. The van der Waals surface area contributed by atoms with Gasteiger partial charge in [-0.2, -0.15) is 4.72 Å². The molecule has 0 bridgehead atoms. The Hall–Kier alpha value is -2.89. The van der Waals surface area contributed by atoms with Crippen molar-refractivity contribution < 1.29 is 22.3 Å². The molecule has 0 fully saturated rings. The molecule has 27 heavy (non-hydrogen) atoms. The summed E-state index contributed by atoms with van der Waals surface area (Å²) in [4.78, 5) is 13.8. The molecule has 0 aliphatic rings. The molecule has 1 N–H and O–H groups in total. The van der Waals surface area contributed by atoms with Gasteiger partial charge in [0.25, 0.3) is 5.91 Å². The lowest BCUT2D eigenvalue weighted by molar-refractivity contribution is 0.0772. The van der Waals surface area contributed by atoms with Crippen LogP contribution in [0.15, 0.2) is 53.4 Å². The minimum Gasteiger partial charge on any atom is -0.489 e. The summed E-state index contributed by atoms with van der Waals surface area (Å²) in [5.41, 5.74) is 0.201. The molecule has 2 aromatic carbocycles. The standard InChI is InChI=1S/C19H19FN2O4S/c1-3-11-21-27(24,25)16-8-6-7-15(14-16)19(23)22(2)12-13-26-18-10-5-4-9-17(18)20/h1,4-10,14,21H,11-13H2,2H3. The molecule has 2 aromatic rings. The normalized spacial score (nSPS) is 10.9. The van der Waals surface area contributed by atoms with Crippen LogP contribution in [0.3, 0.4) is 0 Å². The fourth-order valence-corrected chi connectivity index (χ4v) is 3.17. The van der Waals surface area contributed by atoms with Gasteiger partial charge in [0, 0.05) is 12.6 Å². The van der Waals surface area contributed by atoms with Crippen molar-refractivity contribution in [2.45, 2.75) is 4.90 Å². The van der Waals surface area contributed by atoms with Gasteiger partial charge in [-0.05, 0) is 30.3 Å². The molecular formula is C19H19FN2O4S. The molecule has 2 rings (SSSR count). The summed E-state index contributed by atoms with van der Waals surface area (Å²) in [7, 11) is -2.25. The highest BCUT2D eigenvalue weighted by Crippen LogP contribution is 2.16. The molecule has 0 aliphatic heterocycles. The lowest BCUT2D eigenvalue weighted by Crippen LogP contribution is -2.31. The third-order valence-corrected chi connectivity index (χ3v) is 5.02. The van der Waals surface area contributed by atoms with E-state index in [-0.39, 0.29) is 41.8 Å². The maximum absolute atomic E-state index is 13.5. The number of halogens is 1. The topological polar surface area (TPSA) is 75.7 Å². The summed E-state index contributed by atoms with van der Waals surface area (Å²) in [6, 6.07) is 11.6. The van der Waals surface area contributed by atoms with Gasteiger partial charge in [-0.15, -0.1) is 6.42 Å². The van der Waals surface area contributed by atoms with E-state index in [0.717, 1.165) is 0 Å². The van der Waals surface area contributed by atoms with Crippen molar-refractivity contribution in [1.29, 1.82) is 0 Å². The summed E-state index contributed by atoms with van der Waals surface area (Å²) in [6.45, 7) is 0.137. The van der Waals surface area contributed by atoms with Crippen LogP contribution in [0.1, 0.15) is 10.4 Å². The van der Waals surface area contributed by atoms with Gasteiger partial charge in [-0.1, -0.05) is 24.1 Å². The Morgan fingerprint density at radius 1 is 1.26 bits per heavy atom. The third-order valence-electron chi connectivity index (χ3n) is 3.62. The Bertz CT molecular complexity index is 954. The molecule has 0 unspecified atom stereocenters. The van der Waals surface area contributed by atoms with Crippen molar-refractivity contribution in [3.05, 3.63) is 59.9 Å². The first-order valence-electron chi connectivity index (χ1n) is 8.01. The zero-order valence-corrected chi connectivity index (χ0v) is 15.5. The minimum absolute atomic E-state index is 0.0559. The first-order chi connectivity index (χ1) is 12.8. The van der Waals surface area contributed by atoms with Crippen molar-refractivity contribution in [1.82, 2.24) is 9.62 Å². The van der Waals surface area contributed by atoms with Crippen LogP contribution >= 0.6 is 0 Å². The van der Waals surface area contributed by atoms with Crippen LogP contribution in [0.4, 0.5) is 4.39 Å². The second-order valence-corrected chi connectivity index (χ2v) is 7.33. The van der Waals surface area contributed by atoms with Gasteiger partial charge in [-0.3, -0.25) is 4.79 Å². The average Bonchev–Trinajstić information content (AvgIpc) is 2.67. The fraction of sp³-hybridized carbons (Fsp3) is 0.211. The molecule has 0 atom stereocenters. The lowest BCUT2D eigenvalue weighted by atomic mass is 10.2. The second-order valence-electron chi connectivity index (χ2n) is 5.56. The molecule has 6 nitrogen and oxygen atoms in total. The van der Waals surface area contributed by atoms with Crippen molar-refractivity contribution in [3.63, 3.8) is 0 Å². The van der Waals surface area contributed by atoms with Gasteiger partial charge in [0.15, 0.2) is 11.6 Å². The van der Waals surface area contributed by atoms with E-state index in [0.29, 0.717) is 0 Å². The molecule has 0 radical (unpaired) electrons. The molecular weight excluding hydrogens is 371 g/mol. The zero-order valence-electron chi connectivity index (χ0n) is 14.7. The van der Waals surface area contributed by atoms with Crippen LogP contribution in [0.5, 0.6) is 5.75 Å². The predicted molar refractivity (Wildman–Crippen MR) is 99.3 cm³/mol. The third kappa shape index (κ3) is 5.54. The summed E-state index contributed by atoms with van der Waals surface area (Å²) in [6.07, 6.45) is 5.06. The van der Waals surface area contributed by atoms with Crippen LogP contribution in [0.2, 0.25) is 0 Å². The summed E-state index contributed by atoms with van der Waals surface area (Å²) in [5.74, 6) is 1.42. The number of hydrogen-bond donors (Lipinski definition) is 1. The number of para-hydroxylation sites is 1. The van der Waals surface area contributed by atoms with Crippen LogP contribution in [0.25, 0.3) is 0 Å². The number of carbonyl (C=O) groups excluding carboxylic acids is 1. The summed E-state index contributed by atoms with van der Waals surface area (Å²) in [5, 5.41) is 0. The van der Waals surface area contributed by atoms with Gasteiger partial charge in [0.1, 0.15) is 6.61 Å². The Morgan fingerprint density at radius 2 is 2.00 bits per heavy atom. The number of carbonyl (C=O) groups is 1. The number of rotatable bonds is 8. The summed E-state index contributed by atoms with van der Waals surface area (Å²) < 4.78 is 45.3. The number of terminal acetylenes is 1. The fourth-order valence-electron chi connectivity index (χ4n) is 2.19. The van der Waals surface area contributed by atoms with Crippen LogP contribution < -0.4 is 9.46 Å². The number of nitrogens with one attached hydrogen (secondary N) is 1. The van der Waals surface area contributed by atoms with Crippen molar-refractivity contribution in [2.24, 2.45) is 0 Å². The van der Waals surface area contributed by atoms with E-state index in [9.17, 15) is 17.6 Å². The average molecular weight is 390 g/mol. The largest absolute Gasteiger partial charge is 0.489 e. The Labute approximate surface area is 158 Å². The van der Waals surface area contributed by atoms with Crippen LogP contribution in [-0.2, 0) is 10.0 Å². The second kappa shape index (κ2) is 9.16. The number of amides is 1. The lowest BCUT2D eigenvalue weighted by Gasteiger charge is -2.18. The number of hydrogen-bond acceptors (Lipinski definition) is 4. The van der Waals surface area contributed by atoms with E-state index >= 15 is 0 Å². The van der Waals surface area contributed by atoms with Gasteiger partial charge in [0.05, 0.1) is 18.0 Å². The SMILES string of the molecule is C#CCNS(=O)(=O)c1cccc(C(=O)N(C)CCOc2ccccc2F)c1. The molecule has 0 aromatic heterocycles. The highest BCUT2D eigenvalue weighted by atomic mass is 32.2. The number of nitrogens with zero attached hydrogens (tertiary/aromatic N) is 1. The van der Waals surface area contributed by atoms with Crippen LogP contribution in [0, 0.1) is 18.2 Å². The quantitative estimate of drug-likeness (QED) is 0.699. The van der Waals surface area contributed by atoms with Crippen LogP contribution in [-0.4, -0.2) is 46.0 Å². The van der Waals surface area contributed by atoms with E-state index < -0.39 is 15.8 Å². The van der Waals surface area contributed by atoms with Gasteiger partial charge in [-0.25, -0.2) is 12.8 Å². The van der Waals surface area contributed by atoms with Gasteiger partial charge in [0.2, 0.25) is 10.0 Å². The minimum atomic E-state index is -3.79. The van der Waals surface area contributed by atoms with E-state index in [1.807, 2.05) is 0 Å². The molecule has 0 heterocycles. The molecule has 0 aliphatic carbocycles. The van der Waals surface area contributed by atoms with E-state index in [1.54, 1.807) is 19.2 Å². The monoisotopic (exact) mass is 390 g/mol. The van der Waals surface area contributed by atoms with E-state index in [1.165, 1.54) is 41.3 Å². The number of benzene rings is 2. The molecule has 0 spiro atoms.